The lowest BCUT2D eigenvalue weighted by molar-refractivity contribution is 0.594. The summed E-state index contributed by atoms with van der Waals surface area (Å²) in [5, 5.41) is 1.15. The van der Waals surface area contributed by atoms with E-state index in [0.717, 1.165) is 10.9 Å². The molecule has 0 aliphatic rings. The second-order valence-corrected chi connectivity index (χ2v) is 7.16. The molecule has 3 aromatic rings. The smallest absolute Gasteiger partial charge is 0.265 e. The lowest BCUT2D eigenvalue weighted by atomic mass is 10.2. The summed E-state index contributed by atoms with van der Waals surface area (Å²) < 4.78 is 26.7. The van der Waals surface area contributed by atoms with Gasteiger partial charge >= 0.3 is 0 Å². The Morgan fingerprint density at radius 2 is 1.73 bits per heavy atom. The Labute approximate surface area is 134 Å². The lowest BCUT2D eigenvalue weighted by Gasteiger charge is -2.20. The number of fused-ring (bicyclic) bond motifs is 1. The number of aromatic nitrogens is 1. The Kier molecular flexibility index (Phi) is 3.76. The molecule has 2 aromatic carbocycles. The lowest BCUT2D eigenvalue weighted by Crippen LogP contribution is -2.26. The van der Waals surface area contributed by atoms with Crippen LogP contribution in [0.1, 0.15) is 0 Å². The Balaban J connectivity index is 2.09. The third-order valence-corrected chi connectivity index (χ3v) is 5.47. The van der Waals surface area contributed by atoms with Gasteiger partial charge in [0.15, 0.2) is 0 Å². The number of hydrogen-bond acceptors (Lipinski definition) is 3. The zero-order chi connectivity index (χ0) is 15.7. The van der Waals surface area contributed by atoms with Gasteiger partial charge in [0.05, 0.1) is 16.2 Å². The minimum atomic E-state index is -3.72. The first-order chi connectivity index (χ1) is 10.5. The monoisotopic (exact) mass is 332 g/mol. The van der Waals surface area contributed by atoms with E-state index in [1.807, 2.05) is 24.3 Å². The number of sulfonamides is 1. The highest BCUT2D eigenvalue weighted by Gasteiger charge is 2.23. The summed E-state index contributed by atoms with van der Waals surface area (Å²) in [5.41, 5.74) is 1.18. The van der Waals surface area contributed by atoms with Gasteiger partial charge in [-0.2, -0.15) is 0 Å². The third-order valence-electron chi connectivity index (χ3n) is 3.42. The van der Waals surface area contributed by atoms with Crippen molar-refractivity contribution in [3.8, 4) is 0 Å². The topological polar surface area (TPSA) is 50.3 Å². The summed E-state index contributed by atoms with van der Waals surface area (Å²) in [6.45, 7) is 0. The van der Waals surface area contributed by atoms with Gasteiger partial charge in [0.25, 0.3) is 10.0 Å². The van der Waals surface area contributed by atoms with Crippen LogP contribution in [-0.2, 0) is 10.0 Å². The summed E-state index contributed by atoms with van der Waals surface area (Å²) in [5.74, 6) is 0. The molecule has 0 aliphatic heterocycles. The predicted molar refractivity (Wildman–Crippen MR) is 88.8 cm³/mol. The third kappa shape index (κ3) is 2.53. The Hall–Kier alpha value is -2.11. The zero-order valence-electron chi connectivity index (χ0n) is 11.8. The van der Waals surface area contributed by atoms with Crippen molar-refractivity contribution in [2.24, 2.45) is 0 Å². The van der Waals surface area contributed by atoms with Crippen LogP contribution >= 0.6 is 11.6 Å². The van der Waals surface area contributed by atoms with Crippen LogP contribution in [-0.4, -0.2) is 20.4 Å². The Morgan fingerprint density at radius 3 is 2.50 bits per heavy atom. The van der Waals surface area contributed by atoms with E-state index in [9.17, 15) is 8.42 Å². The van der Waals surface area contributed by atoms with Crippen LogP contribution in [0.15, 0.2) is 65.7 Å². The largest absolute Gasteiger partial charge is 0.268 e. The number of hydrogen-bond donors (Lipinski definition) is 0. The molecule has 3 rings (SSSR count). The quantitative estimate of drug-likeness (QED) is 0.734. The first kappa shape index (κ1) is 14.8. The fraction of sp³-hybridized carbons (Fsp3) is 0.0625. The van der Waals surface area contributed by atoms with Gasteiger partial charge in [-0.3, -0.25) is 9.29 Å². The van der Waals surface area contributed by atoms with Crippen molar-refractivity contribution in [3.63, 3.8) is 0 Å². The van der Waals surface area contributed by atoms with Gasteiger partial charge in [-0.25, -0.2) is 8.42 Å². The molecule has 0 radical (unpaired) electrons. The summed E-state index contributed by atoms with van der Waals surface area (Å²) in [6.07, 6.45) is 1.37. The number of nitrogens with zero attached hydrogens (tertiary/aromatic N) is 2. The SMILES string of the molecule is CN(c1ccccc1Cl)S(=O)(=O)c1cnc2ccccc2c1. The maximum atomic E-state index is 12.8. The average molecular weight is 333 g/mol. The van der Waals surface area contributed by atoms with E-state index >= 15 is 0 Å². The minimum Gasteiger partial charge on any atom is -0.268 e. The van der Waals surface area contributed by atoms with Crippen molar-refractivity contribution in [1.82, 2.24) is 4.98 Å². The number of para-hydroxylation sites is 2. The number of anilines is 1. The molecule has 4 nitrogen and oxygen atoms in total. The van der Waals surface area contributed by atoms with Gasteiger partial charge in [0.1, 0.15) is 4.90 Å². The fourth-order valence-electron chi connectivity index (χ4n) is 2.19. The highest BCUT2D eigenvalue weighted by molar-refractivity contribution is 7.92. The Bertz CT molecular complexity index is 942. The van der Waals surface area contributed by atoms with Crippen molar-refractivity contribution in [1.29, 1.82) is 0 Å². The standard InChI is InChI=1S/C16H13ClN2O2S/c1-19(16-9-5-3-7-14(16)17)22(20,21)13-10-12-6-2-4-8-15(12)18-11-13/h2-11H,1H3. The van der Waals surface area contributed by atoms with E-state index in [4.69, 9.17) is 11.6 Å². The van der Waals surface area contributed by atoms with Crippen LogP contribution in [0.2, 0.25) is 5.02 Å². The number of benzene rings is 2. The van der Waals surface area contributed by atoms with Gasteiger partial charge < -0.3 is 0 Å². The highest BCUT2D eigenvalue weighted by atomic mass is 35.5. The number of halogens is 1. The van der Waals surface area contributed by atoms with E-state index in [1.165, 1.54) is 17.5 Å². The van der Waals surface area contributed by atoms with Crippen molar-refractivity contribution >= 4 is 38.2 Å². The fourth-order valence-corrected chi connectivity index (χ4v) is 3.70. The van der Waals surface area contributed by atoms with Crippen LogP contribution < -0.4 is 4.31 Å². The second kappa shape index (κ2) is 5.59. The van der Waals surface area contributed by atoms with E-state index < -0.39 is 10.0 Å². The molecule has 0 amide bonds. The molecule has 0 fully saturated rings. The molecule has 0 aliphatic carbocycles. The average Bonchev–Trinajstić information content (AvgIpc) is 2.54. The first-order valence-corrected chi connectivity index (χ1v) is 8.40. The van der Waals surface area contributed by atoms with Crippen molar-refractivity contribution < 1.29 is 8.42 Å². The van der Waals surface area contributed by atoms with Gasteiger partial charge in [0, 0.05) is 18.6 Å². The van der Waals surface area contributed by atoms with Crippen LogP contribution in [0.4, 0.5) is 5.69 Å². The first-order valence-electron chi connectivity index (χ1n) is 6.58. The van der Waals surface area contributed by atoms with Gasteiger partial charge in [0.2, 0.25) is 0 Å². The molecule has 0 saturated carbocycles. The molecule has 0 unspecified atom stereocenters. The summed E-state index contributed by atoms with van der Waals surface area (Å²) >= 11 is 6.09. The maximum absolute atomic E-state index is 12.8. The molecule has 1 heterocycles. The summed E-state index contributed by atoms with van der Waals surface area (Å²) in [4.78, 5) is 4.34. The summed E-state index contributed by atoms with van der Waals surface area (Å²) in [6, 6.07) is 15.8. The number of pyridine rings is 1. The van der Waals surface area contributed by atoms with Crippen LogP contribution in [0.25, 0.3) is 10.9 Å². The second-order valence-electron chi connectivity index (χ2n) is 4.79. The molecule has 112 valence electrons. The van der Waals surface area contributed by atoms with Crippen LogP contribution in [0.5, 0.6) is 0 Å². The molecule has 1 aromatic heterocycles. The van der Waals surface area contributed by atoms with Crippen molar-refractivity contribution in [3.05, 3.63) is 65.8 Å². The highest BCUT2D eigenvalue weighted by Crippen LogP contribution is 2.29. The van der Waals surface area contributed by atoms with E-state index in [-0.39, 0.29) is 4.90 Å². The van der Waals surface area contributed by atoms with E-state index in [0.29, 0.717) is 10.7 Å². The van der Waals surface area contributed by atoms with Gasteiger partial charge in [-0.05, 0) is 24.3 Å². The van der Waals surface area contributed by atoms with E-state index in [2.05, 4.69) is 4.98 Å². The van der Waals surface area contributed by atoms with Gasteiger partial charge in [-0.15, -0.1) is 0 Å². The van der Waals surface area contributed by atoms with E-state index in [1.54, 1.807) is 30.3 Å². The normalized spacial score (nSPS) is 11.5. The minimum absolute atomic E-state index is 0.133. The predicted octanol–water partition coefficient (Wildman–Crippen LogP) is 3.71. The molecule has 0 bridgehead atoms. The molecule has 0 spiro atoms. The van der Waals surface area contributed by atoms with Crippen LogP contribution in [0, 0.1) is 0 Å². The molecule has 6 heteroatoms. The molecule has 0 atom stereocenters. The summed E-state index contributed by atoms with van der Waals surface area (Å²) in [7, 11) is -2.24. The van der Waals surface area contributed by atoms with Crippen molar-refractivity contribution in [2.45, 2.75) is 4.90 Å². The Morgan fingerprint density at radius 1 is 1.05 bits per heavy atom. The zero-order valence-corrected chi connectivity index (χ0v) is 13.3. The molecule has 0 saturated heterocycles. The molecule has 0 N–H and O–H groups in total. The van der Waals surface area contributed by atoms with Crippen LogP contribution in [0.3, 0.4) is 0 Å². The van der Waals surface area contributed by atoms with Gasteiger partial charge in [-0.1, -0.05) is 41.9 Å². The van der Waals surface area contributed by atoms with Crippen molar-refractivity contribution in [2.75, 3.05) is 11.4 Å². The maximum Gasteiger partial charge on any atom is 0.265 e. The molecular weight excluding hydrogens is 320 g/mol. The number of rotatable bonds is 3. The molecular formula is C16H13ClN2O2S. The molecule has 22 heavy (non-hydrogen) atoms.